The Labute approximate surface area is 222 Å². The summed E-state index contributed by atoms with van der Waals surface area (Å²) >= 11 is 0. The minimum absolute atomic E-state index is 0.0377. The first kappa shape index (κ1) is 27.6. The van der Waals surface area contributed by atoms with Crippen LogP contribution in [0.5, 0.6) is 5.75 Å². The van der Waals surface area contributed by atoms with Gasteiger partial charge in [0.15, 0.2) is 6.17 Å². The summed E-state index contributed by atoms with van der Waals surface area (Å²) in [7, 11) is -4.02. The van der Waals surface area contributed by atoms with E-state index in [1.807, 2.05) is 0 Å². The molecule has 4 rings (SSSR count). The molecular weight excluding hydrogens is 510 g/mol. The number of rotatable bonds is 9. The van der Waals surface area contributed by atoms with Crippen LogP contribution >= 0.6 is 0 Å². The Morgan fingerprint density at radius 3 is 2.21 bits per heavy atom. The van der Waals surface area contributed by atoms with E-state index >= 15 is 0 Å². The van der Waals surface area contributed by atoms with E-state index in [0.29, 0.717) is 5.56 Å². The van der Waals surface area contributed by atoms with Gasteiger partial charge in [-0.2, -0.15) is 4.31 Å². The van der Waals surface area contributed by atoms with Crippen LogP contribution in [-0.2, 0) is 25.4 Å². The van der Waals surface area contributed by atoms with Gasteiger partial charge in [0.1, 0.15) is 5.75 Å². The molecule has 11 heteroatoms. The Hall–Kier alpha value is -3.44. The zero-order valence-electron chi connectivity index (χ0n) is 21.1. The molecule has 0 radical (unpaired) electrons. The number of hydrogen-bond acceptors (Lipinski definition) is 6. The average Bonchev–Trinajstić information content (AvgIpc) is 3.36. The first-order valence-corrected chi connectivity index (χ1v) is 14.4. The fourth-order valence-electron chi connectivity index (χ4n) is 5.19. The van der Waals surface area contributed by atoms with Crippen molar-refractivity contribution in [2.24, 2.45) is 5.92 Å². The fourth-order valence-corrected chi connectivity index (χ4v) is 6.85. The van der Waals surface area contributed by atoms with E-state index < -0.39 is 40.2 Å². The van der Waals surface area contributed by atoms with Crippen LogP contribution in [-0.4, -0.2) is 66.0 Å². The molecule has 2 aliphatic rings. The summed E-state index contributed by atoms with van der Waals surface area (Å²) in [5.41, 5.74) is 0.544. The molecule has 1 heterocycles. The standard InChI is InChI=1S/C27H33N3O7S/c31-24(32)18-23(21-12-6-2-7-13-21)28-25(33)26-29(27(34)37-22-14-8-3-9-15-22)16-17-30(26)38(35,36)19-20-10-4-1-5-11-20/h1,3-5,8-11,14-15,21,23,26H,2,6-7,12-13,16-19H2,(H,28,33)(H,31,32). The summed E-state index contributed by atoms with van der Waals surface area (Å²) in [6, 6.07) is 16.2. The van der Waals surface area contributed by atoms with Gasteiger partial charge < -0.3 is 15.2 Å². The maximum absolute atomic E-state index is 13.7. The lowest BCUT2D eigenvalue weighted by molar-refractivity contribution is -0.138. The number of sulfonamides is 1. The van der Waals surface area contributed by atoms with Gasteiger partial charge >= 0.3 is 12.1 Å². The molecule has 2 aromatic carbocycles. The van der Waals surface area contributed by atoms with Crippen molar-refractivity contribution >= 4 is 28.0 Å². The molecular formula is C27H33N3O7S. The molecule has 2 unspecified atom stereocenters. The van der Waals surface area contributed by atoms with Gasteiger partial charge in [-0.3, -0.25) is 14.5 Å². The second kappa shape index (κ2) is 12.4. The van der Waals surface area contributed by atoms with Gasteiger partial charge in [0, 0.05) is 19.1 Å². The Bertz CT molecular complexity index is 1220. The van der Waals surface area contributed by atoms with Crippen molar-refractivity contribution in [2.75, 3.05) is 13.1 Å². The molecule has 2 amide bonds. The molecule has 1 aliphatic carbocycles. The predicted octanol–water partition coefficient (Wildman–Crippen LogP) is 3.20. The monoisotopic (exact) mass is 543 g/mol. The first-order chi connectivity index (χ1) is 18.2. The van der Waals surface area contributed by atoms with Gasteiger partial charge in [0.2, 0.25) is 10.0 Å². The Morgan fingerprint density at radius 1 is 0.947 bits per heavy atom. The van der Waals surface area contributed by atoms with E-state index in [9.17, 15) is 27.9 Å². The third-order valence-electron chi connectivity index (χ3n) is 7.04. The number of carbonyl (C=O) groups is 3. The van der Waals surface area contributed by atoms with Crippen LogP contribution in [0.2, 0.25) is 0 Å². The van der Waals surface area contributed by atoms with E-state index in [2.05, 4.69) is 5.32 Å². The summed E-state index contributed by atoms with van der Waals surface area (Å²) in [5, 5.41) is 12.3. The van der Waals surface area contributed by atoms with Crippen LogP contribution in [0, 0.1) is 5.92 Å². The molecule has 2 N–H and O–H groups in total. The number of nitrogens with one attached hydrogen (secondary N) is 1. The summed E-state index contributed by atoms with van der Waals surface area (Å²) in [6.07, 6.45) is 1.84. The Morgan fingerprint density at radius 2 is 1.58 bits per heavy atom. The van der Waals surface area contributed by atoms with Crippen molar-refractivity contribution in [3.63, 3.8) is 0 Å². The van der Waals surface area contributed by atoms with E-state index in [-0.39, 0.29) is 36.9 Å². The number of nitrogens with zero attached hydrogens (tertiary/aromatic N) is 2. The van der Waals surface area contributed by atoms with Crippen molar-refractivity contribution in [3.05, 3.63) is 66.2 Å². The second-order valence-electron chi connectivity index (χ2n) is 9.71. The maximum atomic E-state index is 13.7. The Balaban J connectivity index is 1.60. The van der Waals surface area contributed by atoms with Crippen molar-refractivity contribution in [3.8, 4) is 5.75 Å². The molecule has 204 valence electrons. The lowest BCUT2D eigenvalue weighted by Crippen LogP contribution is -2.57. The van der Waals surface area contributed by atoms with E-state index in [1.165, 1.54) is 0 Å². The van der Waals surface area contributed by atoms with Gasteiger partial charge in [-0.15, -0.1) is 0 Å². The number of carbonyl (C=O) groups excluding carboxylic acids is 2. The smallest absolute Gasteiger partial charge is 0.417 e. The molecule has 0 spiro atoms. The number of hydrogen-bond donors (Lipinski definition) is 2. The van der Waals surface area contributed by atoms with Crippen molar-refractivity contribution in [2.45, 2.75) is 56.5 Å². The molecule has 1 saturated carbocycles. The number of para-hydroxylation sites is 1. The molecule has 2 atom stereocenters. The van der Waals surface area contributed by atoms with Crippen molar-refractivity contribution in [1.29, 1.82) is 0 Å². The number of ether oxygens (including phenoxy) is 1. The highest BCUT2D eigenvalue weighted by Crippen LogP contribution is 2.29. The lowest BCUT2D eigenvalue weighted by Gasteiger charge is -2.33. The zero-order valence-corrected chi connectivity index (χ0v) is 21.9. The van der Waals surface area contributed by atoms with E-state index in [1.54, 1.807) is 60.7 Å². The summed E-state index contributed by atoms with van der Waals surface area (Å²) in [6.45, 7) is -0.144. The first-order valence-electron chi connectivity index (χ1n) is 12.8. The number of benzene rings is 2. The number of carboxylic acids is 1. The van der Waals surface area contributed by atoms with Gasteiger partial charge in [-0.05, 0) is 36.5 Å². The fraction of sp³-hybridized carbons (Fsp3) is 0.444. The largest absolute Gasteiger partial charge is 0.481 e. The molecule has 2 aromatic rings. The third-order valence-corrected chi connectivity index (χ3v) is 8.83. The summed E-state index contributed by atoms with van der Waals surface area (Å²) in [4.78, 5) is 39.5. The maximum Gasteiger partial charge on any atom is 0.417 e. The quantitative estimate of drug-likeness (QED) is 0.496. The third kappa shape index (κ3) is 6.90. The van der Waals surface area contributed by atoms with E-state index in [0.717, 1.165) is 41.3 Å². The molecule has 1 saturated heterocycles. The normalized spacial score (nSPS) is 19.6. The average molecular weight is 544 g/mol. The van der Waals surface area contributed by atoms with Crippen LogP contribution < -0.4 is 10.1 Å². The number of amides is 2. The highest BCUT2D eigenvalue weighted by atomic mass is 32.2. The highest BCUT2D eigenvalue weighted by molar-refractivity contribution is 7.88. The summed E-state index contributed by atoms with van der Waals surface area (Å²) in [5.74, 6) is -1.92. The van der Waals surface area contributed by atoms with Gasteiger partial charge in [0.05, 0.1) is 12.2 Å². The van der Waals surface area contributed by atoms with Crippen LogP contribution in [0.4, 0.5) is 4.79 Å². The highest BCUT2D eigenvalue weighted by Gasteiger charge is 2.47. The minimum Gasteiger partial charge on any atom is -0.481 e. The van der Waals surface area contributed by atoms with Crippen LogP contribution in [0.25, 0.3) is 0 Å². The van der Waals surface area contributed by atoms with Crippen LogP contribution in [0.15, 0.2) is 60.7 Å². The topological polar surface area (TPSA) is 133 Å². The number of carboxylic acid groups (broad SMARTS) is 1. The van der Waals surface area contributed by atoms with Crippen molar-refractivity contribution in [1.82, 2.24) is 14.5 Å². The zero-order chi connectivity index (χ0) is 27.1. The molecule has 2 fully saturated rings. The van der Waals surface area contributed by atoms with Crippen LogP contribution in [0.1, 0.15) is 44.1 Å². The van der Waals surface area contributed by atoms with Gasteiger partial charge in [-0.25, -0.2) is 13.2 Å². The minimum atomic E-state index is -4.02. The van der Waals surface area contributed by atoms with Crippen molar-refractivity contribution < 1.29 is 32.6 Å². The van der Waals surface area contributed by atoms with Crippen LogP contribution in [0.3, 0.4) is 0 Å². The molecule has 1 aliphatic heterocycles. The van der Waals surface area contributed by atoms with E-state index in [4.69, 9.17) is 4.74 Å². The Kier molecular flexibility index (Phi) is 9.01. The SMILES string of the molecule is O=C(O)CC(NC(=O)C1N(C(=O)Oc2ccccc2)CCN1S(=O)(=O)Cc1ccccc1)C1CCCCC1. The van der Waals surface area contributed by atoms with Gasteiger partial charge in [0.25, 0.3) is 5.91 Å². The molecule has 38 heavy (non-hydrogen) atoms. The molecule has 0 aromatic heterocycles. The molecule has 0 bridgehead atoms. The lowest BCUT2D eigenvalue weighted by atomic mass is 9.82. The number of aliphatic carboxylic acids is 1. The molecule has 10 nitrogen and oxygen atoms in total. The predicted molar refractivity (Wildman–Crippen MR) is 139 cm³/mol. The summed E-state index contributed by atoms with van der Waals surface area (Å²) < 4.78 is 33.4. The van der Waals surface area contributed by atoms with Gasteiger partial charge in [-0.1, -0.05) is 67.8 Å². The second-order valence-corrected chi connectivity index (χ2v) is 11.6.